The first kappa shape index (κ1) is 14.0. The Hall–Kier alpha value is -0.430. The summed E-state index contributed by atoms with van der Waals surface area (Å²) in [5.74, 6) is 0. The largest absolute Gasteiger partial charge is 0.391 e. The van der Waals surface area contributed by atoms with E-state index < -0.39 is 10.0 Å². The Morgan fingerprint density at radius 2 is 2.11 bits per heavy atom. The second-order valence-electron chi connectivity index (χ2n) is 5.21. The van der Waals surface area contributed by atoms with E-state index in [9.17, 15) is 8.42 Å². The van der Waals surface area contributed by atoms with Gasteiger partial charge < -0.3 is 5.11 Å². The number of nitrogens with one attached hydrogen (secondary N) is 1. The van der Waals surface area contributed by atoms with Crippen LogP contribution in [0.2, 0.25) is 0 Å². The second-order valence-corrected chi connectivity index (χ2v) is 7.94. The van der Waals surface area contributed by atoms with Gasteiger partial charge in [0.15, 0.2) is 0 Å². The molecule has 1 aromatic heterocycles. The van der Waals surface area contributed by atoms with Gasteiger partial charge in [0.1, 0.15) is 0 Å². The van der Waals surface area contributed by atoms with Crippen LogP contribution < -0.4 is 4.72 Å². The van der Waals surface area contributed by atoms with E-state index >= 15 is 0 Å². The smallest absolute Gasteiger partial charge is 0.241 e. The molecule has 1 fully saturated rings. The van der Waals surface area contributed by atoms with E-state index in [4.69, 9.17) is 5.11 Å². The number of hydrogen-bond acceptors (Lipinski definition) is 4. The molecule has 0 spiro atoms. The Bertz CT molecular complexity index is 501. The summed E-state index contributed by atoms with van der Waals surface area (Å²) in [7, 11) is -3.48. The fraction of sp³-hybridized carbons (Fsp3) is 0.667. The van der Waals surface area contributed by atoms with Gasteiger partial charge in [-0.15, -0.1) is 11.3 Å². The molecule has 1 saturated carbocycles. The molecule has 0 aliphatic heterocycles. The quantitative estimate of drug-likeness (QED) is 0.872. The molecule has 0 amide bonds. The Morgan fingerprint density at radius 1 is 1.44 bits per heavy atom. The van der Waals surface area contributed by atoms with Gasteiger partial charge in [0.2, 0.25) is 10.0 Å². The number of hydrogen-bond donors (Lipinski definition) is 2. The molecule has 4 nitrogen and oxygen atoms in total. The zero-order chi connectivity index (χ0) is 13.2. The van der Waals surface area contributed by atoms with Crippen molar-refractivity contribution in [2.45, 2.75) is 44.1 Å². The molecule has 6 heteroatoms. The van der Waals surface area contributed by atoms with Crippen molar-refractivity contribution in [2.75, 3.05) is 6.54 Å². The minimum absolute atomic E-state index is 0.0858. The summed E-state index contributed by atoms with van der Waals surface area (Å²) in [6.07, 6.45) is 4.51. The predicted octanol–water partition coefficient (Wildman–Crippen LogP) is 2.10. The first-order valence-corrected chi connectivity index (χ1v) is 8.50. The molecule has 0 bridgehead atoms. The lowest BCUT2D eigenvalue weighted by molar-refractivity contribution is 0.282. The molecule has 102 valence electrons. The molecule has 1 heterocycles. The average molecular weight is 289 g/mol. The molecule has 1 aromatic rings. The van der Waals surface area contributed by atoms with E-state index in [1.807, 2.05) is 0 Å². The summed E-state index contributed by atoms with van der Waals surface area (Å²) in [4.78, 5) is 0.718. The molecular formula is C12H19NO3S2. The second kappa shape index (κ2) is 5.28. The summed E-state index contributed by atoms with van der Waals surface area (Å²) >= 11 is 1.26. The van der Waals surface area contributed by atoms with Crippen molar-refractivity contribution in [3.63, 3.8) is 0 Å². The zero-order valence-electron chi connectivity index (χ0n) is 10.5. The molecule has 1 aliphatic carbocycles. The van der Waals surface area contributed by atoms with Crippen LogP contribution in [-0.4, -0.2) is 20.1 Å². The molecule has 0 atom stereocenters. The van der Waals surface area contributed by atoms with Crippen LogP contribution in [0.1, 0.15) is 37.5 Å². The fourth-order valence-electron chi connectivity index (χ4n) is 2.44. The van der Waals surface area contributed by atoms with Crippen LogP contribution >= 0.6 is 11.3 Å². The average Bonchev–Trinajstić information content (AvgIpc) is 2.96. The Morgan fingerprint density at radius 3 is 2.72 bits per heavy atom. The lowest BCUT2D eigenvalue weighted by atomic mass is 9.89. The fourth-order valence-corrected chi connectivity index (χ4v) is 4.93. The first-order chi connectivity index (χ1) is 8.47. The standard InChI is InChI=1S/C12H19NO3S2/c1-12(5-2-3-6-12)9-13-18(15,16)11-4-7-17-10(11)8-14/h4,7,13-14H,2-3,5-6,8-9H2,1H3. The third-order valence-electron chi connectivity index (χ3n) is 3.64. The van der Waals surface area contributed by atoms with E-state index in [1.165, 1.54) is 24.2 Å². The van der Waals surface area contributed by atoms with Gasteiger partial charge in [-0.1, -0.05) is 19.8 Å². The highest BCUT2D eigenvalue weighted by molar-refractivity contribution is 7.89. The first-order valence-electron chi connectivity index (χ1n) is 6.14. The van der Waals surface area contributed by atoms with Crippen LogP contribution in [0.5, 0.6) is 0 Å². The van der Waals surface area contributed by atoms with Gasteiger partial charge in [0.25, 0.3) is 0 Å². The number of thiophene rings is 1. The monoisotopic (exact) mass is 289 g/mol. The van der Waals surface area contributed by atoms with E-state index in [0.29, 0.717) is 11.4 Å². The predicted molar refractivity (Wildman–Crippen MR) is 72.0 cm³/mol. The summed E-state index contributed by atoms with van der Waals surface area (Å²) < 4.78 is 27.0. The SMILES string of the molecule is CC1(CNS(=O)(=O)c2ccsc2CO)CCCC1. The lowest BCUT2D eigenvalue weighted by Crippen LogP contribution is -2.34. The van der Waals surface area contributed by atoms with Crippen molar-refractivity contribution in [1.82, 2.24) is 4.72 Å². The summed E-state index contributed by atoms with van der Waals surface area (Å²) in [6, 6.07) is 1.55. The van der Waals surface area contributed by atoms with Crippen LogP contribution in [0.25, 0.3) is 0 Å². The molecule has 0 saturated heterocycles. The van der Waals surface area contributed by atoms with Gasteiger partial charge in [0, 0.05) is 11.4 Å². The topological polar surface area (TPSA) is 66.4 Å². The summed E-state index contributed by atoms with van der Waals surface area (Å²) in [6.45, 7) is 2.38. The number of aliphatic hydroxyl groups excluding tert-OH is 1. The summed E-state index contributed by atoms with van der Waals surface area (Å²) in [5.41, 5.74) is 0.0858. The van der Waals surface area contributed by atoms with Crippen molar-refractivity contribution < 1.29 is 13.5 Å². The van der Waals surface area contributed by atoms with Gasteiger partial charge in [-0.3, -0.25) is 0 Å². The summed E-state index contributed by atoms with van der Waals surface area (Å²) in [5, 5.41) is 10.8. The van der Waals surface area contributed by atoms with E-state index in [2.05, 4.69) is 11.6 Å². The molecule has 0 unspecified atom stereocenters. The van der Waals surface area contributed by atoms with E-state index in [-0.39, 0.29) is 16.9 Å². The van der Waals surface area contributed by atoms with Gasteiger partial charge >= 0.3 is 0 Å². The van der Waals surface area contributed by atoms with Crippen LogP contribution in [-0.2, 0) is 16.6 Å². The van der Waals surface area contributed by atoms with Crippen molar-refractivity contribution in [3.05, 3.63) is 16.3 Å². The maximum absolute atomic E-state index is 12.2. The van der Waals surface area contributed by atoms with Gasteiger partial charge in [-0.25, -0.2) is 13.1 Å². The minimum atomic E-state index is -3.48. The Kier molecular flexibility index (Phi) is 4.11. The lowest BCUT2D eigenvalue weighted by Gasteiger charge is -2.23. The Balaban J connectivity index is 2.08. The third-order valence-corrected chi connectivity index (χ3v) is 6.16. The maximum atomic E-state index is 12.2. The maximum Gasteiger partial charge on any atom is 0.241 e. The molecule has 18 heavy (non-hydrogen) atoms. The Labute approximate surface area is 112 Å². The molecule has 2 rings (SSSR count). The number of aliphatic hydroxyl groups is 1. The minimum Gasteiger partial charge on any atom is -0.391 e. The highest BCUT2D eigenvalue weighted by atomic mass is 32.2. The molecule has 2 N–H and O–H groups in total. The van der Waals surface area contributed by atoms with E-state index in [1.54, 1.807) is 11.4 Å². The van der Waals surface area contributed by atoms with Crippen molar-refractivity contribution in [1.29, 1.82) is 0 Å². The molecule has 0 radical (unpaired) electrons. The molecule has 1 aliphatic rings. The zero-order valence-corrected chi connectivity index (χ0v) is 12.1. The van der Waals surface area contributed by atoms with Gasteiger partial charge in [0.05, 0.1) is 11.5 Å². The van der Waals surface area contributed by atoms with Crippen molar-refractivity contribution in [3.8, 4) is 0 Å². The van der Waals surface area contributed by atoms with Crippen molar-refractivity contribution >= 4 is 21.4 Å². The number of sulfonamides is 1. The van der Waals surface area contributed by atoms with Crippen LogP contribution in [0.3, 0.4) is 0 Å². The van der Waals surface area contributed by atoms with Crippen LogP contribution in [0, 0.1) is 5.41 Å². The van der Waals surface area contributed by atoms with E-state index in [0.717, 1.165) is 12.8 Å². The van der Waals surface area contributed by atoms with Gasteiger partial charge in [-0.2, -0.15) is 0 Å². The van der Waals surface area contributed by atoms with Crippen molar-refractivity contribution in [2.24, 2.45) is 5.41 Å². The van der Waals surface area contributed by atoms with Crippen LogP contribution in [0.15, 0.2) is 16.3 Å². The van der Waals surface area contributed by atoms with Gasteiger partial charge in [-0.05, 0) is 29.7 Å². The normalized spacial score (nSPS) is 19.2. The molecule has 0 aromatic carbocycles. The highest BCUT2D eigenvalue weighted by Crippen LogP contribution is 2.37. The molecular weight excluding hydrogens is 270 g/mol. The third kappa shape index (κ3) is 2.93. The number of rotatable bonds is 5. The highest BCUT2D eigenvalue weighted by Gasteiger charge is 2.30. The van der Waals surface area contributed by atoms with Crippen LogP contribution in [0.4, 0.5) is 0 Å².